The number of nitrogens with one attached hydrogen (secondary N) is 1. The van der Waals surface area contributed by atoms with E-state index >= 15 is 0 Å². The first-order chi connectivity index (χ1) is 14.0. The third-order valence-electron chi connectivity index (χ3n) is 3.92. The van der Waals surface area contributed by atoms with Crippen molar-refractivity contribution in [3.8, 4) is 5.75 Å². The Balaban J connectivity index is 1.60. The van der Waals surface area contributed by atoms with Crippen LogP contribution in [-0.4, -0.2) is 26.4 Å². The lowest BCUT2D eigenvalue weighted by molar-refractivity contribution is -0.113. The standard InChI is InChI=1S/C21H21FN4O2S/c1-3-11-26-19(13-28-18-6-4-5-15(2)12-18)24-25-21(26)29-14-20(27)23-17-9-7-16(22)8-10-17/h3-10,12H,1,11,13-14H2,2H3,(H,23,27). The molecule has 3 rings (SSSR count). The van der Waals surface area contributed by atoms with E-state index in [0.717, 1.165) is 11.3 Å². The van der Waals surface area contributed by atoms with Gasteiger partial charge in [0.15, 0.2) is 11.0 Å². The summed E-state index contributed by atoms with van der Waals surface area (Å²) in [6.45, 7) is 6.53. The predicted octanol–water partition coefficient (Wildman–Crippen LogP) is 4.22. The Morgan fingerprint density at radius 2 is 2.07 bits per heavy atom. The van der Waals surface area contributed by atoms with E-state index in [0.29, 0.717) is 23.2 Å². The molecule has 0 saturated heterocycles. The third-order valence-corrected chi connectivity index (χ3v) is 4.89. The van der Waals surface area contributed by atoms with Gasteiger partial charge in [-0.05, 0) is 48.9 Å². The molecule has 3 aromatic rings. The lowest BCUT2D eigenvalue weighted by atomic mass is 10.2. The average Bonchev–Trinajstić information content (AvgIpc) is 3.09. The van der Waals surface area contributed by atoms with Gasteiger partial charge in [-0.15, -0.1) is 16.8 Å². The summed E-state index contributed by atoms with van der Waals surface area (Å²) in [6, 6.07) is 13.4. The molecule has 8 heteroatoms. The van der Waals surface area contributed by atoms with Gasteiger partial charge in [-0.3, -0.25) is 9.36 Å². The van der Waals surface area contributed by atoms with Crippen molar-refractivity contribution in [3.63, 3.8) is 0 Å². The van der Waals surface area contributed by atoms with Crippen LogP contribution >= 0.6 is 11.8 Å². The van der Waals surface area contributed by atoms with E-state index in [1.807, 2.05) is 35.8 Å². The fraction of sp³-hybridized carbons (Fsp3) is 0.190. The first-order valence-corrected chi connectivity index (χ1v) is 9.94. The molecule has 1 amide bonds. The molecule has 0 unspecified atom stereocenters. The number of rotatable bonds is 9. The summed E-state index contributed by atoms with van der Waals surface area (Å²) in [6.07, 6.45) is 1.74. The van der Waals surface area contributed by atoms with Crippen molar-refractivity contribution in [3.05, 3.63) is 78.4 Å². The molecule has 0 aliphatic rings. The summed E-state index contributed by atoms with van der Waals surface area (Å²) in [4.78, 5) is 12.2. The lowest BCUT2D eigenvalue weighted by Gasteiger charge is -2.09. The van der Waals surface area contributed by atoms with Gasteiger partial charge in [0.25, 0.3) is 0 Å². The van der Waals surface area contributed by atoms with E-state index in [1.54, 1.807) is 6.08 Å². The highest BCUT2D eigenvalue weighted by atomic mass is 32.2. The van der Waals surface area contributed by atoms with E-state index in [2.05, 4.69) is 22.1 Å². The number of hydrogen-bond acceptors (Lipinski definition) is 5. The molecule has 2 aromatic carbocycles. The third kappa shape index (κ3) is 5.92. The maximum absolute atomic E-state index is 13.0. The Labute approximate surface area is 172 Å². The molecule has 6 nitrogen and oxygen atoms in total. The number of carbonyl (C=O) groups excluding carboxylic acids is 1. The summed E-state index contributed by atoms with van der Waals surface area (Å²) < 4.78 is 20.6. The average molecular weight is 412 g/mol. The molecule has 150 valence electrons. The van der Waals surface area contributed by atoms with Gasteiger partial charge in [0.2, 0.25) is 5.91 Å². The van der Waals surface area contributed by atoms with Gasteiger partial charge in [-0.25, -0.2) is 4.39 Å². The van der Waals surface area contributed by atoms with Crippen molar-refractivity contribution in [2.75, 3.05) is 11.1 Å². The minimum absolute atomic E-state index is 0.144. The first-order valence-electron chi connectivity index (χ1n) is 8.96. The number of anilines is 1. The fourth-order valence-electron chi connectivity index (χ4n) is 2.56. The van der Waals surface area contributed by atoms with Crippen LogP contribution in [0.3, 0.4) is 0 Å². The number of aryl methyl sites for hydroxylation is 1. The van der Waals surface area contributed by atoms with Gasteiger partial charge < -0.3 is 10.1 Å². The van der Waals surface area contributed by atoms with Crippen LogP contribution in [0.1, 0.15) is 11.4 Å². The molecule has 0 radical (unpaired) electrons. The highest BCUT2D eigenvalue weighted by Crippen LogP contribution is 2.20. The van der Waals surface area contributed by atoms with Crippen LogP contribution in [0, 0.1) is 12.7 Å². The van der Waals surface area contributed by atoms with Crippen molar-refractivity contribution in [1.82, 2.24) is 14.8 Å². The van der Waals surface area contributed by atoms with Crippen LogP contribution in [0.4, 0.5) is 10.1 Å². The van der Waals surface area contributed by atoms with E-state index < -0.39 is 0 Å². The largest absolute Gasteiger partial charge is 0.486 e. The van der Waals surface area contributed by atoms with Gasteiger partial charge in [0.1, 0.15) is 18.2 Å². The molecule has 0 aliphatic heterocycles. The maximum atomic E-state index is 13.0. The SMILES string of the molecule is C=CCn1c(COc2cccc(C)c2)nnc1SCC(=O)Nc1ccc(F)cc1. The van der Waals surface area contributed by atoms with Crippen molar-refractivity contribution in [2.24, 2.45) is 0 Å². The quantitative estimate of drug-likeness (QED) is 0.421. The summed E-state index contributed by atoms with van der Waals surface area (Å²) in [7, 11) is 0. The van der Waals surface area contributed by atoms with Crippen LogP contribution in [0.2, 0.25) is 0 Å². The van der Waals surface area contributed by atoms with E-state index in [1.165, 1.54) is 36.0 Å². The second-order valence-electron chi connectivity index (χ2n) is 6.25. The lowest BCUT2D eigenvalue weighted by Crippen LogP contribution is -2.15. The van der Waals surface area contributed by atoms with Crippen LogP contribution in [-0.2, 0) is 17.9 Å². The normalized spacial score (nSPS) is 10.6. The summed E-state index contributed by atoms with van der Waals surface area (Å²) in [5.41, 5.74) is 1.65. The molecule has 0 aliphatic carbocycles. The Morgan fingerprint density at radius 3 is 2.79 bits per heavy atom. The van der Waals surface area contributed by atoms with E-state index in [9.17, 15) is 9.18 Å². The molecule has 0 bridgehead atoms. The zero-order chi connectivity index (χ0) is 20.6. The Morgan fingerprint density at radius 1 is 1.28 bits per heavy atom. The highest BCUT2D eigenvalue weighted by Gasteiger charge is 2.14. The number of allylic oxidation sites excluding steroid dienone is 1. The first kappa shape index (κ1) is 20.6. The number of aromatic nitrogens is 3. The predicted molar refractivity (Wildman–Crippen MR) is 111 cm³/mol. The monoisotopic (exact) mass is 412 g/mol. The minimum Gasteiger partial charge on any atom is -0.486 e. The van der Waals surface area contributed by atoms with Gasteiger partial charge in [0, 0.05) is 12.2 Å². The maximum Gasteiger partial charge on any atom is 0.234 e. The summed E-state index contributed by atoms with van der Waals surface area (Å²) in [5.74, 6) is 0.979. The van der Waals surface area contributed by atoms with Crippen molar-refractivity contribution >= 4 is 23.4 Å². The molecule has 1 N–H and O–H groups in total. The number of hydrogen-bond donors (Lipinski definition) is 1. The molecule has 0 spiro atoms. The topological polar surface area (TPSA) is 69.0 Å². The molecule has 0 saturated carbocycles. The Hall–Kier alpha value is -3.13. The van der Waals surface area contributed by atoms with Crippen LogP contribution < -0.4 is 10.1 Å². The number of benzene rings is 2. The number of thioether (sulfide) groups is 1. The number of nitrogens with zero attached hydrogens (tertiary/aromatic N) is 3. The van der Waals surface area contributed by atoms with E-state index in [-0.39, 0.29) is 24.1 Å². The Bertz CT molecular complexity index is 989. The van der Waals surface area contributed by atoms with Crippen LogP contribution in [0.25, 0.3) is 0 Å². The zero-order valence-electron chi connectivity index (χ0n) is 16.0. The summed E-state index contributed by atoms with van der Waals surface area (Å²) in [5, 5.41) is 11.7. The summed E-state index contributed by atoms with van der Waals surface area (Å²) >= 11 is 1.26. The minimum atomic E-state index is -0.352. The number of carbonyl (C=O) groups is 1. The molecule has 29 heavy (non-hydrogen) atoms. The van der Waals surface area contributed by atoms with Gasteiger partial charge in [-0.1, -0.05) is 30.0 Å². The number of amides is 1. The van der Waals surface area contributed by atoms with Crippen LogP contribution in [0.15, 0.2) is 66.3 Å². The number of halogens is 1. The molecule has 0 fully saturated rings. The second kappa shape index (κ2) is 9.88. The second-order valence-corrected chi connectivity index (χ2v) is 7.19. The van der Waals surface area contributed by atoms with Crippen molar-refractivity contribution in [2.45, 2.75) is 25.2 Å². The van der Waals surface area contributed by atoms with Gasteiger partial charge in [0.05, 0.1) is 5.75 Å². The molecule has 1 aromatic heterocycles. The number of ether oxygens (including phenoxy) is 1. The van der Waals surface area contributed by atoms with Gasteiger partial charge in [-0.2, -0.15) is 0 Å². The van der Waals surface area contributed by atoms with Crippen molar-refractivity contribution in [1.29, 1.82) is 0 Å². The highest BCUT2D eigenvalue weighted by molar-refractivity contribution is 7.99. The molecular weight excluding hydrogens is 391 g/mol. The molecule has 1 heterocycles. The van der Waals surface area contributed by atoms with E-state index in [4.69, 9.17) is 4.74 Å². The molecular formula is C21H21FN4O2S. The van der Waals surface area contributed by atoms with Crippen molar-refractivity contribution < 1.29 is 13.9 Å². The smallest absolute Gasteiger partial charge is 0.234 e. The zero-order valence-corrected chi connectivity index (χ0v) is 16.8. The molecule has 0 atom stereocenters. The fourth-order valence-corrected chi connectivity index (χ4v) is 3.33. The van der Waals surface area contributed by atoms with Gasteiger partial charge >= 0.3 is 0 Å². The van der Waals surface area contributed by atoms with Crippen LogP contribution in [0.5, 0.6) is 5.75 Å². The Kier molecular flexibility index (Phi) is 7.02.